The molecule has 1 aliphatic rings. The van der Waals surface area contributed by atoms with E-state index in [0.717, 1.165) is 42.7 Å². The van der Waals surface area contributed by atoms with Gasteiger partial charge >= 0.3 is 0 Å². The van der Waals surface area contributed by atoms with Gasteiger partial charge in [-0.3, -0.25) is 9.36 Å². The van der Waals surface area contributed by atoms with Gasteiger partial charge in [0, 0.05) is 19.1 Å². The van der Waals surface area contributed by atoms with E-state index in [1.165, 1.54) is 23.7 Å². The van der Waals surface area contributed by atoms with Gasteiger partial charge in [0.25, 0.3) is 0 Å². The van der Waals surface area contributed by atoms with Crippen LogP contribution in [0, 0.1) is 12.8 Å². The summed E-state index contributed by atoms with van der Waals surface area (Å²) in [6.07, 6.45) is 3.34. The van der Waals surface area contributed by atoms with Gasteiger partial charge in [0.1, 0.15) is 0 Å². The number of aromatic nitrogens is 3. The summed E-state index contributed by atoms with van der Waals surface area (Å²) in [7, 11) is 0. The van der Waals surface area contributed by atoms with Crippen molar-refractivity contribution in [1.29, 1.82) is 0 Å². The van der Waals surface area contributed by atoms with Gasteiger partial charge < -0.3 is 15.0 Å². The number of rotatable bonds is 10. The molecule has 1 atom stereocenters. The van der Waals surface area contributed by atoms with E-state index < -0.39 is 0 Å². The lowest BCUT2D eigenvalue weighted by molar-refractivity contribution is -0.119. The van der Waals surface area contributed by atoms with Crippen molar-refractivity contribution in [2.24, 2.45) is 5.92 Å². The standard InChI is InChI=1S/C23H35N5O2S/c1-17(2)6-5-7-19(4)24-21(29)16-31-23-26-25-22(27-12-14-30-15-13-27)28(23)20-10-8-18(3)9-11-20/h8-11,17,19H,5-7,12-16H2,1-4H3,(H,24,29). The zero-order chi connectivity index (χ0) is 22.2. The van der Waals surface area contributed by atoms with Crippen molar-refractivity contribution >= 4 is 23.6 Å². The summed E-state index contributed by atoms with van der Waals surface area (Å²) in [5, 5.41) is 12.7. The van der Waals surface area contributed by atoms with Crippen LogP contribution in [0.3, 0.4) is 0 Å². The van der Waals surface area contributed by atoms with Crippen molar-refractivity contribution in [1.82, 2.24) is 20.1 Å². The van der Waals surface area contributed by atoms with E-state index in [1.54, 1.807) is 0 Å². The van der Waals surface area contributed by atoms with Crippen LogP contribution in [0.4, 0.5) is 5.95 Å². The van der Waals surface area contributed by atoms with E-state index >= 15 is 0 Å². The zero-order valence-corrected chi connectivity index (χ0v) is 20.0. The number of benzene rings is 1. The normalized spacial score (nSPS) is 15.3. The van der Waals surface area contributed by atoms with Crippen LogP contribution in [0.25, 0.3) is 5.69 Å². The predicted octanol–water partition coefficient (Wildman–Crippen LogP) is 3.84. The van der Waals surface area contributed by atoms with Crippen LogP contribution >= 0.6 is 11.8 Å². The van der Waals surface area contributed by atoms with Gasteiger partial charge in [-0.2, -0.15) is 0 Å². The van der Waals surface area contributed by atoms with E-state index in [1.807, 2.05) is 0 Å². The highest BCUT2D eigenvalue weighted by atomic mass is 32.2. The number of morpholine rings is 1. The molecule has 31 heavy (non-hydrogen) atoms. The summed E-state index contributed by atoms with van der Waals surface area (Å²) in [5.41, 5.74) is 2.20. The zero-order valence-electron chi connectivity index (χ0n) is 19.1. The molecule has 0 spiro atoms. The van der Waals surface area contributed by atoms with Crippen LogP contribution in [0.15, 0.2) is 29.4 Å². The van der Waals surface area contributed by atoms with Crippen molar-refractivity contribution in [3.63, 3.8) is 0 Å². The molecule has 1 N–H and O–H groups in total. The summed E-state index contributed by atoms with van der Waals surface area (Å²) >= 11 is 1.43. The van der Waals surface area contributed by atoms with E-state index in [2.05, 4.69) is 76.9 Å². The number of ether oxygens (including phenoxy) is 1. The highest BCUT2D eigenvalue weighted by Crippen LogP contribution is 2.27. The van der Waals surface area contributed by atoms with Crippen LogP contribution < -0.4 is 10.2 Å². The topological polar surface area (TPSA) is 72.3 Å². The quantitative estimate of drug-likeness (QED) is 0.560. The van der Waals surface area contributed by atoms with Gasteiger partial charge in [-0.15, -0.1) is 10.2 Å². The third-order valence-corrected chi connectivity index (χ3v) is 6.29. The molecule has 1 aliphatic heterocycles. The minimum Gasteiger partial charge on any atom is -0.378 e. The summed E-state index contributed by atoms with van der Waals surface area (Å²) in [4.78, 5) is 14.7. The Morgan fingerprint density at radius 1 is 1.13 bits per heavy atom. The van der Waals surface area contributed by atoms with Crippen molar-refractivity contribution < 1.29 is 9.53 Å². The van der Waals surface area contributed by atoms with Gasteiger partial charge in [-0.05, 0) is 38.3 Å². The van der Waals surface area contributed by atoms with Crippen molar-refractivity contribution in [2.45, 2.75) is 58.2 Å². The summed E-state index contributed by atoms with van der Waals surface area (Å²) in [5.74, 6) is 1.86. The molecule has 1 aromatic carbocycles. The molecule has 1 fully saturated rings. The Morgan fingerprint density at radius 3 is 2.52 bits per heavy atom. The number of nitrogens with zero attached hydrogens (tertiary/aromatic N) is 4. The molecular formula is C23H35N5O2S. The molecule has 0 radical (unpaired) electrons. The number of carbonyl (C=O) groups is 1. The summed E-state index contributed by atoms with van der Waals surface area (Å²) < 4.78 is 7.54. The van der Waals surface area contributed by atoms with Crippen molar-refractivity contribution in [2.75, 3.05) is 37.0 Å². The monoisotopic (exact) mass is 445 g/mol. The first kappa shape index (κ1) is 23.6. The number of aryl methyl sites for hydroxylation is 1. The number of nitrogens with one attached hydrogen (secondary N) is 1. The average Bonchev–Trinajstić information content (AvgIpc) is 3.17. The lowest BCUT2D eigenvalue weighted by atomic mass is 10.0. The molecular weight excluding hydrogens is 410 g/mol. The second kappa shape index (κ2) is 11.5. The first-order valence-corrected chi connectivity index (χ1v) is 12.2. The second-order valence-electron chi connectivity index (χ2n) is 8.63. The van der Waals surface area contributed by atoms with Gasteiger partial charge in [0.05, 0.1) is 24.7 Å². The number of anilines is 1. The molecule has 0 saturated carbocycles. The molecule has 1 amide bonds. The van der Waals surface area contributed by atoms with Crippen LogP contribution in [0.1, 0.15) is 45.6 Å². The number of carbonyl (C=O) groups excluding carboxylic acids is 1. The summed E-state index contributed by atoms with van der Waals surface area (Å²) in [6.45, 7) is 11.5. The molecule has 1 unspecified atom stereocenters. The maximum absolute atomic E-state index is 12.5. The Morgan fingerprint density at radius 2 is 1.84 bits per heavy atom. The minimum absolute atomic E-state index is 0.0356. The number of hydrogen-bond donors (Lipinski definition) is 1. The second-order valence-corrected chi connectivity index (χ2v) is 9.58. The van der Waals surface area contributed by atoms with Crippen molar-refractivity contribution in [3.8, 4) is 5.69 Å². The smallest absolute Gasteiger partial charge is 0.232 e. The van der Waals surface area contributed by atoms with Crippen LogP contribution in [-0.4, -0.2) is 58.8 Å². The van der Waals surface area contributed by atoms with Gasteiger partial charge in [-0.25, -0.2) is 0 Å². The average molecular weight is 446 g/mol. The fourth-order valence-corrected chi connectivity index (χ4v) is 4.35. The Balaban J connectivity index is 1.67. The molecule has 0 aliphatic carbocycles. The summed E-state index contributed by atoms with van der Waals surface area (Å²) in [6, 6.07) is 8.50. The van der Waals surface area contributed by atoms with E-state index in [-0.39, 0.29) is 11.9 Å². The van der Waals surface area contributed by atoms with Gasteiger partial charge in [0.2, 0.25) is 11.9 Å². The minimum atomic E-state index is 0.0356. The number of thioether (sulfide) groups is 1. The highest BCUT2D eigenvalue weighted by Gasteiger charge is 2.22. The Hall–Kier alpha value is -2.06. The maximum atomic E-state index is 12.5. The van der Waals surface area contributed by atoms with Crippen molar-refractivity contribution in [3.05, 3.63) is 29.8 Å². The van der Waals surface area contributed by atoms with Crippen LogP contribution in [0.5, 0.6) is 0 Å². The number of amides is 1. The van der Waals surface area contributed by atoms with Crippen LogP contribution in [-0.2, 0) is 9.53 Å². The van der Waals surface area contributed by atoms with Gasteiger partial charge in [0.15, 0.2) is 5.16 Å². The largest absolute Gasteiger partial charge is 0.378 e. The molecule has 1 aromatic heterocycles. The molecule has 170 valence electrons. The molecule has 7 nitrogen and oxygen atoms in total. The first-order valence-electron chi connectivity index (χ1n) is 11.2. The lowest BCUT2D eigenvalue weighted by Crippen LogP contribution is -2.38. The predicted molar refractivity (Wildman–Crippen MR) is 126 cm³/mol. The Kier molecular flexibility index (Phi) is 8.78. The molecule has 0 bridgehead atoms. The molecule has 2 aromatic rings. The molecule has 3 rings (SSSR count). The third-order valence-electron chi connectivity index (χ3n) is 5.36. The van der Waals surface area contributed by atoms with Crippen LogP contribution in [0.2, 0.25) is 0 Å². The fraction of sp³-hybridized carbons (Fsp3) is 0.609. The molecule has 8 heteroatoms. The van der Waals surface area contributed by atoms with E-state index in [0.29, 0.717) is 24.9 Å². The Labute approximate surface area is 189 Å². The molecule has 1 saturated heterocycles. The third kappa shape index (κ3) is 6.97. The maximum Gasteiger partial charge on any atom is 0.232 e. The SMILES string of the molecule is Cc1ccc(-n2c(SCC(=O)NC(C)CCCC(C)C)nnc2N2CCOCC2)cc1. The van der Waals surface area contributed by atoms with E-state index in [4.69, 9.17) is 4.74 Å². The fourth-order valence-electron chi connectivity index (χ4n) is 3.59. The van der Waals surface area contributed by atoms with Gasteiger partial charge in [-0.1, -0.05) is 56.1 Å². The van der Waals surface area contributed by atoms with E-state index in [9.17, 15) is 4.79 Å². The lowest BCUT2D eigenvalue weighted by Gasteiger charge is -2.28. The first-order chi connectivity index (χ1) is 14.9. The molecule has 2 heterocycles. The highest BCUT2D eigenvalue weighted by molar-refractivity contribution is 7.99. The Bertz CT molecular complexity index is 831. The number of hydrogen-bond acceptors (Lipinski definition) is 6.